The van der Waals surface area contributed by atoms with Gasteiger partial charge in [-0.2, -0.15) is 0 Å². The molecular weight excluding hydrogens is 743 g/mol. The molecule has 2 atom stereocenters. The van der Waals surface area contributed by atoms with Crippen LogP contribution in [0.3, 0.4) is 0 Å². The first-order valence-corrected chi connectivity index (χ1v) is 26.6. The molecule has 0 aliphatic rings. The molecule has 0 saturated carbocycles. The van der Waals surface area contributed by atoms with Crippen LogP contribution < -0.4 is 5.32 Å². The molecule has 0 aliphatic carbocycles. The van der Waals surface area contributed by atoms with Gasteiger partial charge in [-0.3, -0.25) is 9.59 Å². The zero-order valence-electron chi connectivity index (χ0n) is 40.2. The van der Waals surface area contributed by atoms with Crippen molar-refractivity contribution >= 4 is 11.9 Å². The third-order valence-electron chi connectivity index (χ3n) is 12.2. The van der Waals surface area contributed by atoms with Gasteiger partial charge in [0, 0.05) is 12.8 Å². The second kappa shape index (κ2) is 50.0. The van der Waals surface area contributed by atoms with Crippen LogP contribution in [0.25, 0.3) is 0 Å². The molecule has 0 spiro atoms. The van der Waals surface area contributed by atoms with Crippen molar-refractivity contribution in [1.82, 2.24) is 5.32 Å². The van der Waals surface area contributed by atoms with Gasteiger partial charge in [0.15, 0.2) is 0 Å². The highest BCUT2D eigenvalue weighted by Crippen LogP contribution is 2.16. The summed E-state index contributed by atoms with van der Waals surface area (Å²) in [4.78, 5) is 24.5. The van der Waals surface area contributed by atoms with Crippen LogP contribution in [0.1, 0.15) is 284 Å². The maximum absolute atomic E-state index is 12.4. The molecule has 0 radical (unpaired) electrons. The minimum Gasteiger partial charge on any atom is -0.466 e. The summed E-state index contributed by atoms with van der Waals surface area (Å²) in [7, 11) is 0. The zero-order valence-corrected chi connectivity index (χ0v) is 40.2. The smallest absolute Gasteiger partial charge is 0.305 e. The number of aliphatic hydroxyl groups excluding tert-OH is 2. The summed E-state index contributed by atoms with van der Waals surface area (Å²) in [6.07, 6.45) is 58.9. The molecule has 3 N–H and O–H groups in total. The summed E-state index contributed by atoms with van der Waals surface area (Å²) >= 11 is 0. The van der Waals surface area contributed by atoms with Crippen LogP contribution in [-0.2, 0) is 14.3 Å². The molecule has 0 aliphatic heterocycles. The number of carbonyl (C=O) groups excluding carboxylic acids is 2. The summed E-state index contributed by atoms with van der Waals surface area (Å²) in [5.74, 6) is -0.0863. The van der Waals surface area contributed by atoms with Gasteiger partial charge in [0.05, 0.1) is 25.4 Å². The van der Waals surface area contributed by atoms with E-state index >= 15 is 0 Å². The summed E-state index contributed by atoms with van der Waals surface area (Å²) in [6, 6.07) is -0.634. The number of rotatable bonds is 49. The van der Waals surface area contributed by atoms with Crippen molar-refractivity contribution in [3.05, 3.63) is 24.3 Å². The van der Waals surface area contributed by atoms with Crippen LogP contribution in [0, 0.1) is 0 Å². The molecule has 0 saturated heterocycles. The molecule has 60 heavy (non-hydrogen) atoms. The molecule has 0 heterocycles. The number of esters is 1. The third-order valence-corrected chi connectivity index (χ3v) is 12.2. The van der Waals surface area contributed by atoms with Crippen LogP contribution in [0.5, 0.6) is 0 Å². The minimum atomic E-state index is -0.850. The Morgan fingerprint density at radius 2 is 0.783 bits per heavy atom. The van der Waals surface area contributed by atoms with Crippen molar-refractivity contribution in [1.29, 1.82) is 0 Å². The van der Waals surface area contributed by atoms with E-state index in [1.165, 1.54) is 199 Å². The molecule has 0 fully saturated rings. The highest BCUT2D eigenvalue weighted by Gasteiger charge is 2.18. The number of aliphatic hydroxyl groups is 2. The number of nitrogens with one attached hydrogen (secondary N) is 1. The SMILES string of the molecule is CCCCCCCC/C=C\CCCCCCCCCC(=O)OCCCCCCCCCCCCCCCCC(=O)NC(CO)C(O)/C=C/CCCCCCCCCCCC. The maximum atomic E-state index is 12.4. The van der Waals surface area contributed by atoms with Gasteiger partial charge >= 0.3 is 5.97 Å². The number of amides is 1. The monoisotopic (exact) mass is 846 g/mol. The van der Waals surface area contributed by atoms with E-state index in [1.54, 1.807) is 6.08 Å². The predicted molar refractivity (Wildman–Crippen MR) is 260 cm³/mol. The lowest BCUT2D eigenvalue weighted by molar-refractivity contribution is -0.143. The van der Waals surface area contributed by atoms with E-state index in [2.05, 4.69) is 31.3 Å². The minimum absolute atomic E-state index is 0.00705. The van der Waals surface area contributed by atoms with Gasteiger partial charge in [-0.25, -0.2) is 0 Å². The Morgan fingerprint density at radius 3 is 1.18 bits per heavy atom. The fourth-order valence-corrected chi connectivity index (χ4v) is 8.10. The summed E-state index contributed by atoms with van der Waals surface area (Å²) in [5, 5.41) is 23.0. The molecule has 6 heteroatoms. The topological polar surface area (TPSA) is 95.9 Å². The van der Waals surface area contributed by atoms with E-state index in [4.69, 9.17) is 4.74 Å². The highest BCUT2D eigenvalue weighted by molar-refractivity contribution is 5.76. The molecule has 2 unspecified atom stereocenters. The maximum Gasteiger partial charge on any atom is 0.305 e. The molecule has 6 nitrogen and oxygen atoms in total. The van der Waals surface area contributed by atoms with Crippen LogP contribution in [0.4, 0.5) is 0 Å². The van der Waals surface area contributed by atoms with Crippen molar-refractivity contribution in [2.24, 2.45) is 0 Å². The Morgan fingerprint density at radius 1 is 0.450 bits per heavy atom. The van der Waals surface area contributed by atoms with Crippen molar-refractivity contribution in [2.75, 3.05) is 13.2 Å². The molecule has 354 valence electrons. The third kappa shape index (κ3) is 45.9. The van der Waals surface area contributed by atoms with Crippen LogP contribution >= 0.6 is 0 Å². The Bertz CT molecular complexity index is 935. The second-order valence-corrected chi connectivity index (χ2v) is 18.2. The van der Waals surface area contributed by atoms with Crippen molar-refractivity contribution in [3.8, 4) is 0 Å². The normalized spacial score (nSPS) is 12.8. The van der Waals surface area contributed by atoms with Crippen LogP contribution in [-0.4, -0.2) is 47.4 Å². The molecule has 0 bridgehead atoms. The fraction of sp³-hybridized carbons (Fsp3) is 0.889. The Hall–Kier alpha value is -1.66. The van der Waals surface area contributed by atoms with Crippen LogP contribution in [0.15, 0.2) is 24.3 Å². The largest absolute Gasteiger partial charge is 0.466 e. The lowest BCUT2D eigenvalue weighted by Crippen LogP contribution is -2.45. The average molecular weight is 846 g/mol. The molecular formula is C54H103NO5. The van der Waals surface area contributed by atoms with E-state index < -0.39 is 12.1 Å². The zero-order chi connectivity index (χ0) is 43.7. The first kappa shape index (κ1) is 58.3. The summed E-state index contributed by atoms with van der Waals surface area (Å²) < 4.78 is 5.47. The molecule has 1 amide bonds. The standard InChI is InChI=1S/C54H103NO5/c1-3-5-7-9-11-13-15-17-18-19-20-24-28-32-36-40-44-48-54(59)60-49-45-41-37-33-29-25-22-21-23-27-31-35-39-43-47-53(58)55-51(50-56)52(57)46-42-38-34-30-26-16-14-12-10-8-6-4-2/h17-18,42,46,51-52,56-57H,3-16,19-41,43-45,47-50H2,1-2H3,(H,55,58)/b18-17-,46-42+. The van der Waals surface area contributed by atoms with Gasteiger partial charge in [-0.05, 0) is 57.8 Å². The van der Waals surface area contributed by atoms with Gasteiger partial charge in [-0.15, -0.1) is 0 Å². The second-order valence-electron chi connectivity index (χ2n) is 18.2. The fourth-order valence-electron chi connectivity index (χ4n) is 8.10. The first-order chi connectivity index (χ1) is 29.5. The lowest BCUT2D eigenvalue weighted by atomic mass is 10.0. The summed E-state index contributed by atoms with van der Waals surface area (Å²) in [6.45, 7) is 4.87. The first-order valence-electron chi connectivity index (χ1n) is 26.6. The van der Waals surface area contributed by atoms with Gasteiger partial charge < -0.3 is 20.3 Å². The highest BCUT2D eigenvalue weighted by atomic mass is 16.5. The van der Waals surface area contributed by atoms with E-state index in [-0.39, 0.29) is 18.5 Å². The van der Waals surface area contributed by atoms with E-state index in [1.807, 2.05) is 6.08 Å². The van der Waals surface area contributed by atoms with Gasteiger partial charge in [-0.1, -0.05) is 237 Å². The van der Waals surface area contributed by atoms with Gasteiger partial charge in [0.1, 0.15) is 0 Å². The number of allylic oxidation sites excluding steroid dienone is 3. The number of hydrogen-bond acceptors (Lipinski definition) is 5. The van der Waals surface area contributed by atoms with Crippen molar-refractivity contribution in [3.63, 3.8) is 0 Å². The van der Waals surface area contributed by atoms with Gasteiger partial charge in [0.25, 0.3) is 0 Å². The molecule has 0 rings (SSSR count). The molecule has 0 aromatic rings. The van der Waals surface area contributed by atoms with Crippen LogP contribution in [0.2, 0.25) is 0 Å². The predicted octanol–water partition coefficient (Wildman–Crippen LogP) is 15.9. The Kier molecular flexibility index (Phi) is 48.6. The van der Waals surface area contributed by atoms with E-state index in [0.717, 1.165) is 57.8 Å². The molecule has 0 aromatic heterocycles. The van der Waals surface area contributed by atoms with Crippen molar-refractivity contribution in [2.45, 2.75) is 296 Å². The number of unbranched alkanes of at least 4 members (excludes halogenated alkanes) is 36. The molecule has 0 aromatic carbocycles. The Balaban J connectivity index is 3.45. The van der Waals surface area contributed by atoms with E-state index in [0.29, 0.717) is 19.4 Å². The number of hydrogen-bond donors (Lipinski definition) is 3. The summed E-state index contributed by atoms with van der Waals surface area (Å²) in [5.41, 5.74) is 0. The average Bonchev–Trinajstić information content (AvgIpc) is 3.25. The lowest BCUT2D eigenvalue weighted by Gasteiger charge is -2.20. The quantitative estimate of drug-likeness (QED) is 0.0322. The number of carbonyl (C=O) groups is 2. The number of ether oxygens (including phenoxy) is 1. The van der Waals surface area contributed by atoms with Gasteiger partial charge in [0.2, 0.25) is 5.91 Å². The Labute approximate surface area is 373 Å². The van der Waals surface area contributed by atoms with E-state index in [9.17, 15) is 19.8 Å². The van der Waals surface area contributed by atoms with Crippen molar-refractivity contribution < 1.29 is 24.5 Å².